The predicted octanol–water partition coefficient (Wildman–Crippen LogP) is 1.99. The van der Waals surface area contributed by atoms with Crippen LogP contribution >= 0.6 is 11.8 Å². The van der Waals surface area contributed by atoms with Crippen molar-refractivity contribution < 1.29 is 0 Å². The van der Waals surface area contributed by atoms with Gasteiger partial charge in [0.15, 0.2) is 0 Å². The molecule has 4 heteroatoms. The van der Waals surface area contributed by atoms with E-state index in [0.717, 1.165) is 31.2 Å². The molecular weight excluding hydrogens is 218 g/mol. The third-order valence-electron chi connectivity index (χ3n) is 2.41. The Hall–Kier alpha value is -0.740. The van der Waals surface area contributed by atoms with Gasteiger partial charge >= 0.3 is 0 Å². The Kier molecular flexibility index (Phi) is 6.26. The van der Waals surface area contributed by atoms with Gasteiger partial charge in [-0.25, -0.2) is 4.98 Å². The van der Waals surface area contributed by atoms with E-state index in [1.165, 1.54) is 5.56 Å². The Balaban J connectivity index is 2.58. The minimum atomic E-state index is 0.919. The molecule has 0 aliphatic heterocycles. The molecule has 0 amide bonds. The molecule has 0 unspecified atom stereocenters. The van der Waals surface area contributed by atoms with E-state index in [1.807, 2.05) is 18.0 Å². The fourth-order valence-electron chi connectivity index (χ4n) is 1.39. The first-order valence-electron chi connectivity index (χ1n) is 5.63. The summed E-state index contributed by atoms with van der Waals surface area (Å²) in [6, 6.07) is 4.22. The number of pyridine rings is 1. The monoisotopic (exact) mass is 239 g/mol. The van der Waals surface area contributed by atoms with E-state index in [0.29, 0.717) is 0 Å². The van der Waals surface area contributed by atoms with Crippen LogP contribution in [0.1, 0.15) is 12.5 Å². The Morgan fingerprint density at radius 2 is 2.31 bits per heavy atom. The summed E-state index contributed by atoms with van der Waals surface area (Å²) in [7, 11) is 2.09. The van der Waals surface area contributed by atoms with E-state index >= 15 is 0 Å². The van der Waals surface area contributed by atoms with Gasteiger partial charge in [-0.05, 0) is 30.5 Å². The molecule has 16 heavy (non-hydrogen) atoms. The first-order valence-corrected chi connectivity index (χ1v) is 7.03. The van der Waals surface area contributed by atoms with Crippen LogP contribution in [0.4, 0.5) is 5.82 Å². The van der Waals surface area contributed by atoms with Gasteiger partial charge in [-0.2, -0.15) is 11.8 Å². The third kappa shape index (κ3) is 4.41. The average molecular weight is 239 g/mol. The van der Waals surface area contributed by atoms with Crippen LogP contribution in [0.3, 0.4) is 0 Å². The number of thioether (sulfide) groups is 1. The van der Waals surface area contributed by atoms with Crippen LogP contribution in [0.5, 0.6) is 0 Å². The molecule has 0 radical (unpaired) electrons. The van der Waals surface area contributed by atoms with Crippen molar-refractivity contribution in [3.63, 3.8) is 0 Å². The number of anilines is 1. The standard InChI is InChI=1S/C12H21N3S/c1-4-13-10-11-5-6-14-12(9-11)15(2)7-8-16-3/h5-6,9,13H,4,7-8,10H2,1-3H3. The molecule has 0 aromatic carbocycles. The molecule has 0 saturated heterocycles. The van der Waals surface area contributed by atoms with Crippen molar-refractivity contribution in [2.24, 2.45) is 0 Å². The summed E-state index contributed by atoms with van der Waals surface area (Å²) in [6.07, 6.45) is 4.01. The predicted molar refractivity (Wildman–Crippen MR) is 73.3 cm³/mol. The second-order valence-corrected chi connectivity index (χ2v) is 4.70. The molecule has 1 aromatic heterocycles. The molecule has 1 rings (SSSR count). The van der Waals surface area contributed by atoms with Gasteiger partial charge in [-0.3, -0.25) is 0 Å². The van der Waals surface area contributed by atoms with Gasteiger partial charge in [0, 0.05) is 32.1 Å². The van der Waals surface area contributed by atoms with E-state index in [1.54, 1.807) is 0 Å². The van der Waals surface area contributed by atoms with Gasteiger partial charge in [0.2, 0.25) is 0 Å². The lowest BCUT2D eigenvalue weighted by atomic mass is 10.2. The molecule has 0 atom stereocenters. The Bertz CT molecular complexity index is 304. The molecule has 90 valence electrons. The Labute approximate surface area is 103 Å². The quantitative estimate of drug-likeness (QED) is 0.787. The fourth-order valence-corrected chi connectivity index (χ4v) is 1.85. The number of hydrogen-bond acceptors (Lipinski definition) is 4. The van der Waals surface area contributed by atoms with Crippen molar-refractivity contribution in [1.29, 1.82) is 0 Å². The number of nitrogens with one attached hydrogen (secondary N) is 1. The number of rotatable bonds is 7. The molecule has 0 spiro atoms. The highest BCUT2D eigenvalue weighted by Gasteiger charge is 2.02. The fraction of sp³-hybridized carbons (Fsp3) is 0.583. The molecule has 3 nitrogen and oxygen atoms in total. The maximum absolute atomic E-state index is 4.39. The summed E-state index contributed by atoms with van der Waals surface area (Å²) in [4.78, 5) is 6.59. The van der Waals surface area contributed by atoms with Crippen molar-refractivity contribution in [1.82, 2.24) is 10.3 Å². The number of nitrogens with zero attached hydrogens (tertiary/aromatic N) is 2. The van der Waals surface area contributed by atoms with E-state index in [9.17, 15) is 0 Å². The summed E-state index contributed by atoms with van der Waals surface area (Å²) in [5.74, 6) is 2.19. The van der Waals surface area contributed by atoms with Crippen LogP contribution < -0.4 is 10.2 Å². The maximum Gasteiger partial charge on any atom is 0.128 e. The van der Waals surface area contributed by atoms with Gasteiger partial charge in [0.25, 0.3) is 0 Å². The summed E-state index contributed by atoms with van der Waals surface area (Å²) < 4.78 is 0. The normalized spacial score (nSPS) is 10.4. The average Bonchev–Trinajstić information content (AvgIpc) is 2.33. The topological polar surface area (TPSA) is 28.2 Å². The second-order valence-electron chi connectivity index (χ2n) is 3.72. The molecule has 1 heterocycles. The van der Waals surface area contributed by atoms with E-state index in [2.05, 4.69) is 47.6 Å². The van der Waals surface area contributed by atoms with Crippen molar-refractivity contribution in [2.45, 2.75) is 13.5 Å². The molecular formula is C12H21N3S. The van der Waals surface area contributed by atoms with Crippen LogP contribution in [0.25, 0.3) is 0 Å². The van der Waals surface area contributed by atoms with Crippen LogP contribution in [0.15, 0.2) is 18.3 Å². The van der Waals surface area contributed by atoms with Crippen LogP contribution in [0.2, 0.25) is 0 Å². The first kappa shape index (κ1) is 13.3. The van der Waals surface area contributed by atoms with E-state index in [4.69, 9.17) is 0 Å². The van der Waals surface area contributed by atoms with Crippen molar-refractivity contribution in [3.05, 3.63) is 23.9 Å². The summed E-state index contributed by atoms with van der Waals surface area (Å²) >= 11 is 1.86. The van der Waals surface area contributed by atoms with Crippen LogP contribution in [-0.2, 0) is 6.54 Å². The molecule has 1 N–H and O–H groups in total. The van der Waals surface area contributed by atoms with Gasteiger partial charge < -0.3 is 10.2 Å². The smallest absolute Gasteiger partial charge is 0.128 e. The van der Waals surface area contributed by atoms with Crippen LogP contribution in [0, 0.1) is 0 Å². The van der Waals surface area contributed by atoms with Gasteiger partial charge in [-0.15, -0.1) is 0 Å². The van der Waals surface area contributed by atoms with E-state index < -0.39 is 0 Å². The molecule has 0 aliphatic rings. The molecule has 0 aliphatic carbocycles. The SMILES string of the molecule is CCNCc1ccnc(N(C)CCSC)c1. The highest BCUT2D eigenvalue weighted by atomic mass is 32.2. The molecule has 0 saturated carbocycles. The van der Waals surface area contributed by atoms with Crippen LogP contribution in [-0.4, -0.2) is 37.1 Å². The largest absolute Gasteiger partial charge is 0.359 e. The van der Waals surface area contributed by atoms with Crippen molar-refractivity contribution >= 4 is 17.6 Å². The minimum Gasteiger partial charge on any atom is -0.359 e. The zero-order valence-electron chi connectivity index (χ0n) is 10.4. The highest BCUT2D eigenvalue weighted by Crippen LogP contribution is 2.11. The highest BCUT2D eigenvalue weighted by molar-refractivity contribution is 7.98. The summed E-state index contributed by atoms with van der Waals surface area (Å²) in [6.45, 7) is 5.08. The lowest BCUT2D eigenvalue weighted by Crippen LogP contribution is -2.21. The second kappa shape index (κ2) is 7.52. The zero-order valence-corrected chi connectivity index (χ0v) is 11.2. The van der Waals surface area contributed by atoms with Crippen molar-refractivity contribution in [3.8, 4) is 0 Å². The molecule has 1 aromatic rings. The van der Waals surface area contributed by atoms with E-state index in [-0.39, 0.29) is 0 Å². The first-order chi connectivity index (χ1) is 7.77. The van der Waals surface area contributed by atoms with Crippen molar-refractivity contribution in [2.75, 3.05) is 37.0 Å². The van der Waals surface area contributed by atoms with Gasteiger partial charge in [0.1, 0.15) is 5.82 Å². The Morgan fingerprint density at radius 1 is 1.50 bits per heavy atom. The zero-order chi connectivity index (χ0) is 11.8. The van der Waals surface area contributed by atoms with Gasteiger partial charge in [0.05, 0.1) is 0 Å². The lowest BCUT2D eigenvalue weighted by Gasteiger charge is -2.18. The van der Waals surface area contributed by atoms with Gasteiger partial charge in [-0.1, -0.05) is 6.92 Å². The number of hydrogen-bond donors (Lipinski definition) is 1. The maximum atomic E-state index is 4.39. The molecule has 0 fully saturated rings. The molecule has 0 bridgehead atoms. The third-order valence-corrected chi connectivity index (χ3v) is 3.00. The lowest BCUT2D eigenvalue weighted by molar-refractivity contribution is 0.725. The minimum absolute atomic E-state index is 0.919. The number of aromatic nitrogens is 1. The summed E-state index contributed by atoms with van der Waals surface area (Å²) in [5, 5.41) is 3.32. The summed E-state index contributed by atoms with van der Waals surface area (Å²) in [5.41, 5.74) is 1.29. The Morgan fingerprint density at radius 3 is 3.00 bits per heavy atom.